The molecule has 1 N–H and O–H groups in total. The van der Waals surface area contributed by atoms with Crippen molar-refractivity contribution in [1.82, 2.24) is 15.2 Å². The monoisotopic (exact) mass is 494 g/mol. The second-order valence-electron chi connectivity index (χ2n) is 5.40. The van der Waals surface area contributed by atoms with Crippen LogP contribution >= 0.6 is 43.5 Å². The Morgan fingerprint density at radius 2 is 2.00 bits per heavy atom. The summed E-state index contributed by atoms with van der Waals surface area (Å²) >= 11 is 12.6. The third-order valence-electron chi connectivity index (χ3n) is 3.42. The van der Waals surface area contributed by atoms with Crippen LogP contribution in [-0.4, -0.2) is 21.9 Å². The standard InChI is InChI=1S/C18H13Br2ClN4O/c19-14-3-1-2-13(8-14)9-22-23-18(26)17-16(20)11-25(24-17)10-12-4-6-15(21)7-5-12/h1-9,11H,10H2,(H,23,26)/b22-9-. The zero-order valence-electron chi connectivity index (χ0n) is 13.4. The molecular formula is C18H13Br2ClN4O. The number of aromatic nitrogens is 2. The van der Waals surface area contributed by atoms with Gasteiger partial charge in [0, 0.05) is 15.7 Å². The minimum atomic E-state index is -0.391. The Bertz CT molecular complexity index is 954. The van der Waals surface area contributed by atoms with Crippen molar-refractivity contribution in [2.24, 2.45) is 5.10 Å². The lowest BCUT2D eigenvalue weighted by molar-refractivity contribution is 0.0948. The van der Waals surface area contributed by atoms with E-state index in [2.05, 4.69) is 47.5 Å². The molecule has 1 heterocycles. The molecule has 0 saturated heterocycles. The smallest absolute Gasteiger partial charge is 0.266 e. The number of hydrogen-bond acceptors (Lipinski definition) is 3. The summed E-state index contributed by atoms with van der Waals surface area (Å²) in [5.41, 5.74) is 4.65. The maximum Gasteiger partial charge on any atom is 0.293 e. The van der Waals surface area contributed by atoms with E-state index in [0.717, 1.165) is 15.6 Å². The maximum atomic E-state index is 12.3. The number of carbonyl (C=O) groups excluding carboxylic acids is 1. The Kier molecular flexibility index (Phi) is 6.24. The number of rotatable bonds is 5. The molecule has 0 spiro atoms. The van der Waals surface area contributed by atoms with Gasteiger partial charge in [-0.1, -0.05) is 51.8 Å². The predicted molar refractivity (Wildman–Crippen MR) is 110 cm³/mol. The third kappa shape index (κ3) is 5.03. The van der Waals surface area contributed by atoms with E-state index in [1.54, 1.807) is 17.1 Å². The number of hydrogen-bond donors (Lipinski definition) is 1. The Balaban J connectivity index is 1.66. The van der Waals surface area contributed by atoms with E-state index < -0.39 is 5.91 Å². The largest absolute Gasteiger partial charge is 0.293 e. The van der Waals surface area contributed by atoms with Crippen LogP contribution in [0.15, 0.2) is 68.8 Å². The Morgan fingerprint density at radius 1 is 1.23 bits per heavy atom. The molecule has 2 aromatic carbocycles. The van der Waals surface area contributed by atoms with Gasteiger partial charge in [-0.05, 0) is 51.3 Å². The summed E-state index contributed by atoms with van der Waals surface area (Å²) < 4.78 is 3.22. The van der Waals surface area contributed by atoms with Crippen molar-refractivity contribution in [2.75, 3.05) is 0 Å². The van der Waals surface area contributed by atoms with E-state index in [1.807, 2.05) is 48.5 Å². The van der Waals surface area contributed by atoms with Crippen LogP contribution < -0.4 is 5.43 Å². The average Bonchev–Trinajstić information content (AvgIpc) is 2.97. The lowest BCUT2D eigenvalue weighted by Gasteiger charge is -2.01. The van der Waals surface area contributed by atoms with Crippen molar-refractivity contribution >= 4 is 55.6 Å². The molecule has 0 aliphatic carbocycles. The molecule has 0 fully saturated rings. The van der Waals surface area contributed by atoms with Gasteiger partial charge in [-0.3, -0.25) is 9.48 Å². The van der Waals surface area contributed by atoms with Crippen LogP contribution in [0.2, 0.25) is 5.02 Å². The first-order valence-corrected chi connectivity index (χ1v) is 9.54. The molecule has 0 atom stereocenters. The number of nitrogens with zero attached hydrogens (tertiary/aromatic N) is 3. The van der Waals surface area contributed by atoms with Crippen LogP contribution in [-0.2, 0) is 6.54 Å². The normalized spacial score (nSPS) is 11.0. The van der Waals surface area contributed by atoms with Crippen LogP contribution in [0, 0.1) is 0 Å². The summed E-state index contributed by atoms with van der Waals surface area (Å²) in [4.78, 5) is 12.3. The summed E-state index contributed by atoms with van der Waals surface area (Å²) in [6, 6.07) is 15.1. The van der Waals surface area contributed by atoms with Gasteiger partial charge in [0.15, 0.2) is 5.69 Å². The molecule has 3 rings (SSSR count). The highest BCUT2D eigenvalue weighted by Gasteiger charge is 2.14. The van der Waals surface area contributed by atoms with Crippen molar-refractivity contribution < 1.29 is 4.79 Å². The lowest BCUT2D eigenvalue weighted by atomic mass is 10.2. The Labute approximate surface area is 172 Å². The van der Waals surface area contributed by atoms with Gasteiger partial charge >= 0.3 is 0 Å². The van der Waals surface area contributed by atoms with E-state index >= 15 is 0 Å². The number of hydrazone groups is 1. The highest BCUT2D eigenvalue weighted by molar-refractivity contribution is 9.10. The summed E-state index contributed by atoms with van der Waals surface area (Å²) in [5, 5.41) is 8.96. The van der Waals surface area contributed by atoms with E-state index in [0.29, 0.717) is 16.0 Å². The fourth-order valence-electron chi connectivity index (χ4n) is 2.21. The van der Waals surface area contributed by atoms with Gasteiger partial charge < -0.3 is 0 Å². The first kappa shape index (κ1) is 18.8. The highest BCUT2D eigenvalue weighted by atomic mass is 79.9. The molecule has 8 heteroatoms. The zero-order chi connectivity index (χ0) is 18.5. The summed E-state index contributed by atoms with van der Waals surface area (Å²) in [7, 11) is 0. The summed E-state index contributed by atoms with van der Waals surface area (Å²) in [6.07, 6.45) is 3.32. The van der Waals surface area contributed by atoms with Crippen LogP contribution in [0.3, 0.4) is 0 Å². The van der Waals surface area contributed by atoms with Gasteiger partial charge in [0.05, 0.1) is 17.2 Å². The molecule has 1 amide bonds. The first-order chi connectivity index (χ1) is 12.5. The van der Waals surface area contributed by atoms with E-state index in [9.17, 15) is 4.79 Å². The number of amides is 1. The number of carbonyl (C=O) groups is 1. The van der Waals surface area contributed by atoms with Crippen molar-refractivity contribution in [1.29, 1.82) is 0 Å². The molecule has 0 aliphatic rings. The second kappa shape index (κ2) is 8.62. The van der Waals surface area contributed by atoms with E-state index in [1.165, 1.54) is 0 Å². The van der Waals surface area contributed by atoms with E-state index in [-0.39, 0.29) is 5.69 Å². The molecule has 132 valence electrons. The average molecular weight is 497 g/mol. The molecular weight excluding hydrogens is 483 g/mol. The van der Waals surface area contributed by atoms with Crippen molar-refractivity contribution in [3.05, 3.63) is 85.5 Å². The molecule has 5 nitrogen and oxygen atoms in total. The molecule has 0 radical (unpaired) electrons. The topological polar surface area (TPSA) is 59.3 Å². The summed E-state index contributed by atoms with van der Waals surface area (Å²) in [5.74, 6) is -0.391. The molecule has 0 bridgehead atoms. The summed E-state index contributed by atoms with van der Waals surface area (Å²) in [6.45, 7) is 0.532. The van der Waals surface area contributed by atoms with Crippen molar-refractivity contribution in [3.8, 4) is 0 Å². The fourth-order valence-corrected chi connectivity index (χ4v) is 3.25. The highest BCUT2D eigenvalue weighted by Crippen LogP contribution is 2.17. The molecule has 26 heavy (non-hydrogen) atoms. The number of benzene rings is 2. The minimum Gasteiger partial charge on any atom is -0.266 e. The zero-order valence-corrected chi connectivity index (χ0v) is 17.3. The van der Waals surface area contributed by atoms with Crippen molar-refractivity contribution in [3.63, 3.8) is 0 Å². The van der Waals surface area contributed by atoms with Crippen LogP contribution in [0.4, 0.5) is 0 Å². The Hall–Kier alpha value is -1.96. The molecule has 0 saturated carbocycles. The van der Waals surface area contributed by atoms with E-state index in [4.69, 9.17) is 11.6 Å². The van der Waals surface area contributed by atoms with Gasteiger partial charge in [-0.2, -0.15) is 10.2 Å². The first-order valence-electron chi connectivity index (χ1n) is 7.57. The lowest BCUT2D eigenvalue weighted by Crippen LogP contribution is -2.19. The number of halogens is 3. The minimum absolute atomic E-state index is 0.269. The molecule has 1 aromatic heterocycles. The van der Waals surface area contributed by atoms with Crippen LogP contribution in [0.1, 0.15) is 21.6 Å². The second-order valence-corrected chi connectivity index (χ2v) is 7.61. The van der Waals surface area contributed by atoms with Crippen molar-refractivity contribution in [2.45, 2.75) is 6.54 Å². The van der Waals surface area contributed by atoms with Crippen LogP contribution in [0.25, 0.3) is 0 Å². The third-order valence-corrected chi connectivity index (χ3v) is 4.74. The van der Waals surface area contributed by atoms with Gasteiger partial charge in [-0.15, -0.1) is 0 Å². The van der Waals surface area contributed by atoms with Gasteiger partial charge in [0.25, 0.3) is 5.91 Å². The molecule has 0 unspecified atom stereocenters. The molecule has 3 aromatic rings. The van der Waals surface area contributed by atoms with Crippen LogP contribution in [0.5, 0.6) is 0 Å². The van der Waals surface area contributed by atoms with Gasteiger partial charge in [-0.25, -0.2) is 5.43 Å². The quantitative estimate of drug-likeness (QED) is 0.405. The number of nitrogens with one attached hydrogen (secondary N) is 1. The van der Waals surface area contributed by atoms with Gasteiger partial charge in [0.2, 0.25) is 0 Å². The fraction of sp³-hybridized carbons (Fsp3) is 0.0556. The molecule has 0 aliphatic heterocycles. The maximum absolute atomic E-state index is 12.3. The SMILES string of the molecule is O=C(N/N=C\c1cccc(Br)c1)c1nn(Cc2ccc(Cl)cc2)cc1Br. The predicted octanol–water partition coefficient (Wildman–Crippen LogP) is 4.87. The Morgan fingerprint density at radius 3 is 2.73 bits per heavy atom. The van der Waals surface area contributed by atoms with Gasteiger partial charge in [0.1, 0.15) is 0 Å².